The van der Waals surface area contributed by atoms with Crippen LogP contribution in [0.15, 0.2) is 24.5 Å². The van der Waals surface area contributed by atoms with Crippen molar-refractivity contribution in [3.05, 3.63) is 46.4 Å². The van der Waals surface area contributed by atoms with Crippen LogP contribution in [0.5, 0.6) is 11.5 Å². The Labute approximate surface area is 172 Å². The summed E-state index contributed by atoms with van der Waals surface area (Å²) in [4.78, 5) is 11.7. The Morgan fingerprint density at radius 2 is 2.03 bits per heavy atom. The molecule has 0 N–H and O–H groups in total. The van der Waals surface area contributed by atoms with Crippen LogP contribution in [0, 0.1) is 0 Å². The van der Waals surface area contributed by atoms with Crippen LogP contribution in [0.2, 0.25) is 0 Å². The van der Waals surface area contributed by atoms with Crippen LogP contribution in [-0.4, -0.2) is 39.4 Å². The Hall–Kier alpha value is -2.71. The Bertz CT molecular complexity index is 1230. The first-order chi connectivity index (χ1) is 14.0. The molecule has 4 heterocycles. The molecule has 0 fully saturated rings. The Morgan fingerprint density at radius 1 is 1.21 bits per heavy atom. The summed E-state index contributed by atoms with van der Waals surface area (Å²) in [6.45, 7) is 4.88. The molecule has 1 aliphatic heterocycles. The number of ether oxygens (including phenoxy) is 3. The smallest absolute Gasteiger partial charge is 0.167 e. The maximum atomic E-state index is 5.98. The molecule has 0 atom stereocenters. The lowest BCUT2D eigenvalue weighted by Crippen LogP contribution is -2.31. The van der Waals surface area contributed by atoms with Crippen molar-refractivity contribution in [2.24, 2.45) is 0 Å². The maximum Gasteiger partial charge on any atom is 0.167 e. The van der Waals surface area contributed by atoms with E-state index < -0.39 is 0 Å². The number of nitrogens with zero attached hydrogens (tertiary/aromatic N) is 4. The van der Waals surface area contributed by atoms with Crippen LogP contribution in [-0.2, 0) is 24.2 Å². The third-order valence-electron chi connectivity index (χ3n) is 5.26. The maximum absolute atomic E-state index is 5.98. The molecule has 29 heavy (non-hydrogen) atoms. The molecule has 0 radical (unpaired) electrons. The summed E-state index contributed by atoms with van der Waals surface area (Å²) in [7, 11) is 3.27. The van der Waals surface area contributed by atoms with E-state index in [1.165, 1.54) is 10.4 Å². The zero-order valence-corrected chi connectivity index (χ0v) is 17.7. The second-order valence-electron chi connectivity index (χ2n) is 7.82. The van der Waals surface area contributed by atoms with Gasteiger partial charge < -0.3 is 14.2 Å². The lowest BCUT2D eigenvalue weighted by Gasteiger charge is -2.30. The SMILES string of the molecule is COc1ccc(Cc2nc3c4c5c(sc4ncn3n2)COC(C)(C)C5)cc1OC. The number of hydrogen-bond acceptors (Lipinski definition) is 7. The average Bonchev–Trinajstić information content (AvgIpc) is 3.27. The highest BCUT2D eigenvalue weighted by Gasteiger charge is 2.30. The molecule has 3 aromatic heterocycles. The van der Waals surface area contributed by atoms with Crippen molar-refractivity contribution in [1.29, 1.82) is 0 Å². The number of benzene rings is 1. The number of methoxy groups -OCH3 is 2. The van der Waals surface area contributed by atoms with E-state index in [0.717, 1.165) is 33.7 Å². The van der Waals surface area contributed by atoms with Crippen LogP contribution in [0.1, 0.15) is 35.7 Å². The predicted octanol–water partition coefficient (Wildman–Crippen LogP) is 3.80. The van der Waals surface area contributed by atoms with E-state index >= 15 is 0 Å². The highest BCUT2D eigenvalue weighted by atomic mass is 32.1. The van der Waals surface area contributed by atoms with Gasteiger partial charge >= 0.3 is 0 Å². The zero-order chi connectivity index (χ0) is 20.2. The normalized spacial score (nSPS) is 15.6. The van der Waals surface area contributed by atoms with Crippen LogP contribution < -0.4 is 9.47 Å². The molecule has 7 nitrogen and oxygen atoms in total. The van der Waals surface area contributed by atoms with E-state index in [1.807, 2.05) is 18.2 Å². The second kappa shape index (κ2) is 6.67. The molecule has 8 heteroatoms. The van der Waals surface area contributed by atoms with E-state index in [4.69, 9.17) is 19.2 Å². The molecule has 4 aromatic rings. The number of rotatable bonds is 4. The molecule has 1 aromatic carbocycles. The van der Waals surface area contributed by atoms with Gasteiger partial charge in [-0.3, -0.25) is 0 Å². The van der Waals surface area contributed by atoms with Crippen molar-refractivity contribution in [3.63, 3.8) is 0 Å². The highest BCUT2D eigenvalue weighted by Crippen LogP contribution is 2.39. The van der Waals surface area contributed by atoms with E-state index in [-0.39, 0.29) is 5.60 Å². The van der Waals surface area contributed by atoms with Crippen LogP contribution in [0.25, 0.3) is 15.9 Å². The van der Waals surface area contributed by atoms with E-state index in [0.29, 0.717) is 24.5 Å². The van der Waals surface area contributed by atoms with Crippen molar-refractivity contribution < 1.29 is 14.2 Å². The monoisotopic (exact) mass is 410 g/mol. The minimum Gasteiger partial charge on any atom is -0.493 e. The summed E-state index contributed by atoms with van der Waals surface area (Å²) in [5, 5.41) is 5.77. The van der Waals surface area contributed by atoms with Crippen molar-refractivity contribution in [2.45, 2.75) is 38.9 Å². The average molecular weight is 410 g/mol. The summed E-state index contributed by atoms with van der Waals surface area (Å²) in [5.41, 5.74) is 3.03. The first kappa shape index (κ1) is 18.3. The zero-order valence-electron chi connectivity index (χ0n) is 16.9. The Balaban J connectivity index is 1.57. The van der Waals surface area contributed by atoms with Gasteiger partial charge in [-0.05, 0) is 37.1 Å². The van der Waals surface area contributed by atoms with E-state index in [1.54, 1.807) is 36.4 Å². The summed E-state index contributed by atoms with van der Waals surface area (Å²) in [6, 6.07) is 5.87. The van der Waals surface area contributed by atoms with Crippen molar-refractivity contribution >= 4 is 27.2 Å². The highest BCUT2D eigenvalue weighted by molar-refractivity contribution is 7.19. The van der Waals surface area contributed by atoms with Gasteiger partial charge in [0.1, 0.15) is 11.2 Å². The van der Waals surface area contributed by atoms with Gasteiger partial charge in [-0.25, -0.2) is 14.5 Å². The van der Waals surface area contributed by atoms with Gasteiger partial charge in [-0.15, -0.1) is 16.4 Å². The summed E-state index contributed by atoms with van der Waals surface area (Å²) in [5.74, 6) is 2.16. The van der Waals surface area contributed by atoms with Crippen LogP contribution >= 0.6 is 11.3 Å². The minimum atomic E-state index is -0.184. The fraction of sp³-hybridized carbons (Fsp3) is 0.381. The lowest BCUT2D eigenvalue weighted by molar-refractivity contribution is -0.0379. The van der Waals surface area contributed by atoms with Gasteiger partial charge in [0.15, 0.2) is 23.0 Å². The molecule has 0 aliphatic carbocycles. The standard InChI is InChI=1S/C21H22N4O3S/c1-21(2)9-13-16(10-28-21)29-20-18(13)19-23-17(24-25(19)11-22-20)8-12-5-6-14(26-3)15(7-12)27-4/h5-7,11H,8-10H2,1-4H3. The quantitative estimate of drug-likeness (QED) is 0.510. The largest absolute Gasteiger partial charge is 0.493 e. The van der Waals surface area contributed by atoms with Gasteiger partial charge in [0, 0.05) is 17.7 Å². The van der Waals surface area contributed by atoms with Crippen LogP contribution in [0.3, 0.4) is 0 Å². The Kier molecular flexibility index (Phi) is 4.22. The molecule has 1 aliphatic rings. The molecule has 0 bridgehead atoms. The summed E-state index contributed by atoms with van der Waals surface area (Å²) < 4.78 is 18.5. The Morgan fingerprint density at radius 3 is 2.83 bits per heavy atom. The first-order valence-corrected chi connectivity index (χ1v) is 10.3. The minimum absolute atomic E-state index is 0.184. The molecular weight excluding hydrogens is 388 g/mol. The molecule has 0 saturated heterocycles. The number of hydrogen-bond donors (Lipinski definition) is 0. The van der Waals surface area contributed by atoms with Gasteiger partial charge in [-0.1, -0.05) is 6.07 Å². The molecule has 150 valence electrons. The second-order valence-corrected chi connectivity index (χ2v) is 8.90. The van der Waals surface area contributed by atoms with Crippen molar-refractivity contribution in [1.82, 2.24) is 19.6 Å². The lowest BCUT2D eigenvalue weighted by atomic mass is 9.94. The summed E-state index contributed by atoms with van der Waals surface area (Å²) >= 11 is 1.69. The van der Waals surface area contributed by atoms with Gasteiger partial charge in [0.25, 0.3) is 0 Å². The number of aromatic nitrogens is 4. The number of fused-ring (bicyclic) bond motifs is 5. The van der Waals surface area contributed by atoms with Crippen molar-refractivity contribution in [2.75, 3.05) is 14.2 Å². The van der Waals surface area contributed by atoms with E-state index in [2.05, 4.69) is 23.9 Å². The van der Waals surface area contributed by atoms with Crippen LogP contribution in [0.4, 0.5) is 0 Å². The predicted molar refractivity (Wildman–Crippen MR) is 111 cm³/mol. The third-order valence-corrected chi connectivity index (χ3v) is 6.38. The molecule has 0 spiro atoms. The fourth-order valence-corrected chi connectivity index (χ4v) is 4.90. The van der Waals surface area contributed by atoms with Gasteiger partial charge in [0.2, 0.25) is 0 Å². The topological polar surface area (TPSA) is 70.8 Å². The first-order valence-electron chi connectivity index (χ1n) is 9.47. The number of thiophene rings is 1. The summed E-state index contributed by atoms with van der Waals surface area (Å²) in [6.07, 6.45) is 3.20. The van der Waals surface area contributed by atoms with Gasteiger partial charge in [-0.2, -0.15) is 0 Å². The van der Waals surface area contributed by atoms with Crippen molar-refractivity contribution in [3.8, 4) is 11.5 Å². The molecule has 0 amide bonds. The van der Waals surface area contributed by atoms with E-state index in [9.17, 15) is 0 Å². The fourth-order valence-electron chi connectivity index (χ4n) is 3.83. The molecular formula is C21H22N4O3S. The molecule has 0 unspecified atom stereocenters. The molecule has 5 rings (SSSR count). The van der Waals surface area contributed by atoms with Gasteiger partial charge in [0.05, 0.1) is 31.8 Å². The molecule has 0 saturated carbocycles. The third kappa shape index (κ3) is 3.12.